The summed E-state index contributed by atoms with van der Waals surface area (Å²) in [4.78, 5) is 15.1. The molecule has 1 atom stereocenters. The average Bonchev–Trinajstić information content (AvgIpc) is 3.34. The number of nitrogens with zero attached hydrogens (tertiary/aromatic N) is 4. The van der Waals surface area contributed by atoms with E-state index < -0.39 is 0 Å². The molecule has 26 heavy (non-hydrogen) atoms. The molecule has 0 spiro atoms. The van der Waals surface area contributed by atoms with Gasteiger partial charge in [-0.3, -0.25) is 4.79 Å². The van der Waals surface area contributed by atoms with Crippen molar-refractivity contribution in [3.63, 3.8) is 0 Å². The molecule has 1 aromatic heterocycles. The third-order valence-corrected chi connectivity index (χ3v) is 5.98. The molecule has 6 heteroatoms. The highest BCUT2D eigenvalue weighted by Gasteiger charge is 2.39. The van der Waals surface area contributed by atoms with Crippen LogP contribution >= 0.6 is 0 Å². The highest BCUT2D eigenvalue weighted by molar-refractivity contribution is 5.94. The summed E-state index contributed by atoms with van der Waals surface area (Å²) in [6, 6.07) is 6.28. The molecule has 1 amide bonds. The van der Waals surface area contributed by atoms with Crippen LogP contribution in [0.2, 0.25) is 0 Å². The van der Waals surface area contributed by atoms with Gasteiger partial charge in [0.25, 0.3) is 5.91 Å². The van der Waals surface area contributed by atoms with E-state index in [1.807, 2.05) is 4.90 Å². The molecule has 2 heterocycles. The normalized spacial score (nSPS) is 22.5. The minimum atomic E-state index is -0.320. The van der Waals surface area contributed by atoms with Gasteiger partial charge in [-0.1, -0.05) is 32.1 Å². The Kier molecular flexibility index (Phi) is 4.09. The Labute approximate surface area is 153 Å². The highest BCUT2D eigenvalue weighted by Crippen LogP contribution is 2.43. The predicted molar refractivity (Wildman–Crippen MR) is 96.8 cm³/mol. The van der Waals surface area contributed by atoms with Crippen LogP contribution in [0.25, 0.3) is 5.69 Å². The van der Waals surface area contributed by atoms with Crippen LogP contribution in [0, 0.1) is 17.2 Å². The molecule has 1 saturated carbocycles. The zero-order valence-electron chi connectivity index (χ0n) is 15.6. The number of carbonyl (C=O) groups is 1. The molecular weight excluding hydrogens is 331 g/mol. The number of amides is 1. The number of aromatic nitrogens is 3. The maximum absolute atomic E-state index is 13.6. The number of likely N-dealkylation sites (tertiary alicyclic amines) is 1. The van der Waals surface area contributed by atoms with Crippen molar-refractivity contribution < 1.29 is 9.18 Å². The van der Waals surface area contributed by atoms with Crippen molar-refractivity contribution in [1.82, 2.24) is 19.9 Å². The third kappa shape index (κ3) is 3.02. The number of rotatable bonds is 3. The smallest absolute Gasteiger partial charge is 0.276 e. The van der Waals surface area contributed by atoms with Crippen molar-refractivity contribution in [2.45, 2.75) is 46.0 Å². The zero-order valence-corrected chi connectivity index (χ0v) is 15.6. The Bertz CT molecular complexity index is 840. The summed E-state index contributed by atoms with van der Waals surface area (Å²) in [7, 11) is 0. The standard InChI is InChI=1S/C20H25FN4O/c1-13-9-10-24(12-20(13,2)3)19(26)17-18(14-7-8-14)25(23-22-17)16-6-4-5-15(21)11-16/h4-6,11,13-14H,7-10,12H2,1-3H3/t13-/m1/s1. The van der Waals surface area contributed by atoms with Crippen molar-refractivity contribution in [3.8, 4) is 5.69 Å². The molecule has 1 saturated heterocycles. The van der Waals surface area contributed by atoms with E-state index >= 15 is 0 Å². The lowest BCUT2D eigenvalue weighted by molar-refractivity contribution is 0.0421. The highest BCUT2D eigenvalue weighted by atomic mass is 19.1. The van der Waals surface area contributed by atoms with E-state index in [0.29, 0.717) is 17.3 Å². The van der Waals surface area contributed by atoms with Gasteiger partial charge in [0, 0.05) is 19.0 Å². The van der Waals surface area contributed by atoms with Crippen molar-refractivity contribution in [2.75, 3.05) is 13.1 Å². The van der Waals surface area contributed by atoms with E-state index in [4.69, 9.17) is 0 Å². The van der Waals surface area contributed by atoms with Crippen molar-refractivity contribution in [3.05, 3.63) is 41.5 Å². The Balaban J connectivity index is 1.68. The Morgan fingerprint density at radius 3 is 2.69 bits per heavy atom. The molecule has 0 radical (unpaired) electrons. The molecule has 0 bridgehead atoms. The van der Waals surface area contributed by atoms with Gasteiger partial charge in [0.15, 0.2) is 5.69 Å². The molecule has 2 aliphatic rings. The number of hydrogen-bond donors (Lipinski definition) is 0. The van der Waals surface area contributed by atoms with E-state index in [2.05, 4.69) is 31.1 Å². The Morgan fingerprint density at radius 1 is 1.27 bits per heavy atom. The molecule has 1 aliphatic carbocycles. The van der Waals surface area contributed by atoms with Gasteiger partial charge < -0.3 is 4.90 Å². The number of halogens is 1. The largest absolute Gasteiger partial charge is 0.337 e. The molecule has 4 rings (SSSR count). The van der Waals surface area contributed by atoms with Crippen LogP contribution in [0.1, 0.15) is 62.1 Å². The van der Waals surface area contributed by atoms with E-state index in [9.17, 15) is 9.18 Å². The Morgan fingerprint density at radius 2 is 2.04 bits per heavy atom. The number of carbonyl (C=O) groups excluding carboxylic acids is 1. The van der Waals surface area contributed by atoms with Crippen LogP contribution in [0.4, 0.5) is 4.39 Å². The monoisotopic (exact) mass is 356 g/mol. The van der Waals surface area contributed by atoms with Crippen molar-refractivity contribution >= 4 is 5.91 Å². The topological polar surface area (TPSA) is 51.0 Å². The molecule has 1 aromatic carbocycles. The second-order valence-electron chi connectivity index (χ2n) is 8.39. The Hall–Kier alpha value is -2.24. The van der Waals surface area contributed by atoms with Gasteiger partial charge in [-0.05, 0) is 48.8 Å². The molecule has 1 aliphatic heterocycles. The van der Waals surface area contributed by atoms with Gasteiger partial charge in [-0.25, -0.2) is 9.07 Å². The lowest BCUT2D eigenvalue weighted by Crippen LogP contribution is -2.47. The fourth-order valence-corrected chi connectivity index (χ4v) is 3.75. The SMILES string of the molecule is C[C@@H]1CCN(C(=O)c2nnn(-c3cccc(F)c3)c2C2CC2)CC1(C)C. The first-order chi connectivity index (χ1) is 12.4. The summed E-state index contributed by atoms with van der Waals surface area (Å²) in [5.74, 6) is 0.496. The van der Waals surface area contributed by atoms with Crippen LogP contribution in [0.3, 0.4) is 0 Å². The fourth-order valence-electron chi connectivity index (χ4n) is 3.75. The van der Waals surface area contributed by atoms with Crippen LogP contribution < -0.4 is 0 Å². The van der Waals surface area contributed by atoms with Crippen LogP contribution in [0.15, 0.2) is 24.3 Å². The minimum absolute atomic E-state index is 0.0467. The summed E-state index contributed by atoms with van der Waals surface area (Å²) in [5.41, 5.74) is 1.97. The first-order valence-electron chi connectivity index (χ1n) is 9.37. The lowest BCUT2D eigenvalue weighted by Gasteiger charge is -2.42. The number of piperidine rings is 1. The van der Waals surface area contributed by atoms with Gasteiger partial charge in [0.1, 0.15) is 5.82 Å². The number of benzene rings is 1. The van der Waals surface area contributed by atoms with Crippen molar-refractivity contribution in [1.29, 1.82) is 0 Å². The van der Waals surface area contributed by atoms with Gasteiger partial charge in [-0.2, -0.15) is 0 Å². The number of hydrogen-bond acceptors (Lipinski definition) is 3. The van der Waals surface area contributed by atoms with Crippen LogP contribution in [0.5, 0.6) is 0 Å². The van der Waals surface area contributed by atoms with E-state index in [0.717, 1.165) is 38.0 Å². The molecule has 138 valence electrons. The quantitative estimate of drug-likeness (QED) is 0.841. The van der Waals surface area contributed by atoms with Gasteiger partial charge >= 0.3 is 0 Å². The summed E-state index contributed by atoms with van der Waals surface area (Å²) >= 11 is 0. The lowest BCUT2D eigenvalue weighted by atomic mass is 9.75. The summed E-state index contributed by atoms with van der Waals surface area (Å²) in [6.45, 7) is 8.15. The van der Waals surface area contributed by atoms with E-state index in [1.165, 1.54) is 12.1 Å². The molecular formula is C20H25FN4O. The van der Waals surface area contributed by atoms with Crippen LogP contribution in [-0.4, -0.2) is 38.9 Å². The first-order valence-corrected chi connectivity index (χ1v) is 9.37. The second kappa shape index (κ2) is 6.18. The maximum Gasteiger partial charge on any atom is 0.276 e. The van der Waals surface area contributed by atoms with Gasteiger partial charge in [0.2, 0.25) is 0 Å². The zero-order chi connectivity index (χ0) is 18.5. The maximum atomic E-state index is 13.6. The molecule has 2 fully saturated rings. The van der Waals surface area contributed by atoms with E-state index in [1.54, 1.807) is 16.8 Å². The molecule has 2 aromatic rings. The predicted octanol–water partition coefficient (Wildman–Crippen LogP) is 3.79. The van der Waals surface area contributed by atoms with Crippen molar-refractivity contribution in [2.24, 2.45) is 11.3 Å². The summed E-state index contributed by atoms with van der Waals surface area (Å²) in [6.07, 6.45) is 3.03. The molecule has 0 N–H and O–H groups in total. The third-order valence-electron chi connectivity index (χ3n) is 5.98. The van der Waals surface area contributed by atoms with E-state index in [-0.39, 0.29) is 23.1 Å². The summed E-state index contributed by atoms with van der Waals surface area (Å²) in [5, 5.41) is 8.43. The second-order valence-corrected chi connectivity index (χ2v) is 8.39. The fraction of sp³-hybridized carbons (Fsp3) is 0.550. The summed E-state index contributed by atoms with van der Waals surface area (Å²) < 4.78 is 15.3. The molecule has 5 nitrogen and oxygen atoms in total. The minimum Gasteiger partial charge on any atom is -0.337 e. The van der Waals surface area contributed by atoms with Crippen LogP contribution in [-0.2, 0) is 0 Å². The van der Waals surface area contributed by atoms with Gasteiger partial charge in [-0.15, -0.1) is 5.10 Å². The first kappa shape index (κ1) is 17.2. The molecule has 0 unspecified atom stereocenters. The van der Waals surface area contributed by atoms with Gasteiger partial charge in [0.05, 0.1) is 11.4 Å². The average molecular weight is 356 g/mol.